The first-order valence-corrected chi connectivity index (χ1v) is 10.8. The third-order valence-electron chi connectivity index (χ3n) is 5.35. The molecule has 1 amide bonds. The van der Waals surface area contributed by atoms with Crippen molar-refractivity contribution in [2.24, 2.45) is 0 Å². The fourth-order valence-electron chi connectivity index (χ4n) is 3.34. The van der Waals surface area contributed by atoms with Crippen molar-refractivity contribution in [1.29, 1.82) is 0 Å². The average molecular weight is 447 g/mol. The molecule has 0 aliphatic heterocycles. The van der Waals surface area contributed by atoms with Crippen LogP contribution in [-0.2, 0) is 19.6 Å². The summed E-state index contributed by atoms with van der Waals surface area (Å²) in [4.78, 5) is 11.3. The number of quaternary nitrogens is 1. The van der Waals surface area contributed by atoms with Gasteiger partial charge >= 0.3 is 5.91 Å². The number of fused-ring (bicyclic) bond motifs is 1. The Morgan fingerprint density at radius 3 is 2.34 bits per heavy atom. The largest absolute Gasteiger partial charge is 0.489 e. The highest BCUT2D eigenvalue weighted by Gasteiger charge is 2.15. The van der Waals surface area contributed by atoms with E-state index in [0.717, 1.165) is 23.3 Å². The summed E-state index contributed by atoms with van der Waals surface area (Å²) in [5.74, 6) is 1.05. The highest BCUT2D eigenvalue weighted by atomic mass is 35.5. The topological polar surface area (TPSA) is 63.2 Å². The van der Waals surface area contributed by atoms with Gasteiger partial charge in [-0.1, -0.05) is 60.1 Å². The maximum Gasteiger partial charge on any atom is 0.341 e. The smallest absolute Gasteiger partial charge is 0.341 e. The number of rotatable bonds is 7. The molecule has 1 aliphatic carbocycles. The molecule has 0 fully saturated rings. The van der Waals surface area contributed by atoms with Crippen LogP contribution in [0.15, 0.2) is 78.9 Å². The van der Waals surface area contributed by atoms with Gasteiger partial charge in [0.25, 0.3) is 0 Å². The second-order valence-corrected chi connectivity index (χ2v) is 8.19. The van der Waals surface area contributed by atoms with E-state index in [0.29, 0.717) is 29.5 Å². The highest BCUT2D eigenvalue weighted by Crippen LogP contribution is 2.29. The van der Waals surface area contributed by atoms with Gasteiger partial charge < -0.3 is 9.47 Å². The molecule has 5 heteroatoms. The summed E-state index contributed by atoms with van der Waals surface area (Å²) >= 11 is 6.19. The average Bonchev–Trinajstić information content (AvgIpc) is 3.57. The molecule has 3 aromatic rings. The number of carbonyl (C=O) groups excluding carboxylic acids is 1. The molecular weight excluding hydrogens is 422 g/mol. The highest BCUT2D eigenvalue weighted by molar-refractivity contribution is 6.32. The van der Waals surface area contributed by atoms with Crippen LogP contribution >= 0.6 is 11.6 Å². The Balaban J connectivity index is 1.35. The Morgan fingerprint density at radius 2 is 1.59 bits per heavy atom. The molecule has 32 heavy (non-hydrogen) atoms. The SMILES string of the molecule is Cc1ccccc(COc2ccc(COc3ccc(C([NH3+])=O)cc3Cl)cc2)ccc2c1C2. The molecule has 0 spiro atoms. The zero-order valence-electron chi connectivity index (χ0n) is 17.9. The maximum atomic E-state index is 11.3. The van der Waals surface area contributed by atoms with Crippen molar-refractivity contribution in [3.63, 3.8) is 0 Å². The van der Waals surface area contributed by atoms with Crippen molar-refractivity contribution in [1.82, 2.24) is 0 Å². The maximum absolute atomic E-state index is 11.3. The summed E-state index contributed by atoms with van der Waals surface area (Å²) in [7, 11) is 0. The van der Waals surface area contributed by atoms with Crippen molar-refractivity contribution >= 4 is 17.5 Å². The Labute approximate surface area is 192 Å². The fourth-order valence-corrected chi connectivity index (χ4v) is 3.57. The van der Waals surface area contributed by atoms with Crippen LogP contribution in [0.1, 0.15) is 38.2 Å². The number of halogens is 1. The molecule has 0 heterocycles. The van der Waals surface area contributed by atoms with Crippen LogP contribution in [0, 0.1) is 6.92 Å². The van der Waals surface area contributed by atoms with E-state index in [1.165, 1.54) is 16.7 Å². The van der Waals surface area contributed by atoms with Crippen LogP contribution in [0.5, 0.6) is 11.5 Å². The minimum atomic E-state index is -0.275. The molecule has 0 bridgehead atoms. The lowest BCUT2D eigenvalue weighted by atomic mass is 10.2. The van der Waals surface area contributed by atoms with Gasteiger partial charge in [-0.15, -0.1) is 0 Å². The Hall–Kier alpha value is -3.34. The minimum absolute atomic E-state index is 0.275. The number of aryl methyl sites for hydroxylation is 1. The first-order valence-electron chi connectivity index (χ1n) is 10.4. The van der Waals surface area contributed by atoms with Gasteiger partial charge in [0.15, 0.2) is 0 Å². The van der Waals surface area contributed by atoms with Crippen molar-refractivity contribution in [3.8, 4) is 11.5 Å². The number of benzene rings is 2. The van der Waals surface area contributed by atoms with Gasteiger partial charge in [0, 0.05) is 0 Å². The normalized spacial score (nSPS) is 11.2. The molecule has 162 valence electrons. The molecular formula is C27H25ClNO3+. The lowest BCUT2D eigenvalue weighted by molar-refractivity contribution is -0.255. The predicted molar refractivity (Wildman–Crippen MR) is 125 cm³/mol. The molecule has 1 aliphatic rings. The van der Waals surface area contributed by atoms with Gasteiger partial charge in [-0.25, -0.2) is 4.79 Å². The minimum Gasteiger partial charge on any atom is -0.489 e. The van der Waals surface area contributed by atoms with Crippen LogP contribution in [-0.4, -0.2) is 5.91 Å². The van der Waals surface area contributed by atoms with Crippen molar-refractivity contribution in [2.45, 2.75) is 26.6 Å². The number of hydrogen-bond donors (Lipinski definition) is 1. The Kier molecular flexibility index (Phi) is 6.74. The van der Waals surface area contributed by atoms with Crippen LogP contribution in [0.3, 0.4) is 0 Å². The third-order valence-corrected chi connectivity index (χ3v) is 5.64. The molecule has 3 aromatic carbocycles. The number of amides is 1. The molecule has 0 aromatic heterocycles. The number of hydrogen-bond acceptors (Lipinski definition) is 3. The van der Waals surface area contributed by atoms with Gasteiger partial charge in [-0.3, -0.25) is 5.73 Å². The van der Waals surface area contributed by atoms with Gasteiger partial charge in [0.05, 0.1) is 10.6 Å². The summed E-state index contributed by atoms with van der Waals surface area (Å²) in [6.07, 6.45) is 1.08. The quantitative estimate of drug-likeness (QED) is 0.423. The van der Waals surface area contributed by atoms with Crippen LogP contribution in [0.2, 0.25) is 5.02 Å². The summed E-state index contributed by atoms with van der Waals surface area (Å²) in [6.45, 7) is 3.01. The van der Waals surface area contributed by atoms with E-state index in [2.05, 4.69) is 43.0 Å². The fraction of sp³-hybridized carbons (Fsp3) is 0.148. The van der Waals surface area contributed by atoms with Crippen molar-refractivity contribution in [3.05, 3.63) is 117 Å². The predicted octanol–water partition coefficient (Wildman–Crippen LogP) is 5.22. The van der Waals surface area contributed by atoms with E-state index < -0.39 is 0 Å². The van der Waals surface area contributed by atoms with E-state index >= 15 is 0 Å². The van der Waals surface area contributed by atoms with Gasteiger partial charge in [-0.05, 0) is 71.5 Å². The van der Waals surface area contributed by atoms with Crippen LogP contribution in [0.25, 0.3) is 0 Å². The molecule has 0 saturated heterocycles. The monoisotopic (exact) mass is 446 g/mol. The summed E-state index contributed by atoms with van der Waals surface area (Å²) < 4.78 is 11.8. The van der Waals surface area contributed by atoms with Crippen molar-refractivity contribution in [2.75, 3.05) is 0 Å². The number of ether oxygens (including phenoxy) is 2. The summed E-state index contributed by atoms with van der Waals surface area (Å²) in [5, 5.41) is 0.389. The first-order chi connectivity index (χ1) is 15.5. The van der Waals surface area contributed by atoms with Gasteiger partial charge in [-0.2, -0.15) is 0 Å². The van der Waals surface area contributed by atoms with Gasteiger partial charge in [0.1, 0.15) is 24.7 Å². The lowest BCUT2D eigenvalue weighted by Crippen LogP contribution is -2.56. The molecule has 0 unspecified atom stereocenters. The van der Waals surface area contributed by atoms with Gasteiger partial charge in [0.2, 0.25) is 0 Å². The van der Waals surface area contributed by atoms with E-state index in [-0.39, 0.29) is 5.91 Å². The van der Waals surface area contributed by atoms with E-state index in [4.69, 9.17) is 21.1 Å². The zero-order valence-corrected chi connectivity index (χ0v) is 18.7. The van der Waals surface area contributed by atoms with Crippen molar-refractivity contribution < 1.29 is 20.0 Å². The molecule has 4 nitrogen and oxygen atoms in total. The van der Waals surface area contributed by atoms with Crippen LogP contribution in [0.4, 0.5) is 0 Å². The first kappa shape index (κ1) is 21.9. The zero-order chi connectivity index (χ0) is 22.5. The Morgan fingerprint density at radius 1 is 0.906 bits per heavy atom. The number of carbonyl (C=O) groups is 1. The van der Waals surface area contributed by atoms with E-state index in [1.54, 1.807) is 18.2 Å². The lowest BCUT2D eigenvalue weighted by Gasteiger charge is -2.10. The second-order valence-electron chi connectivity index (χ2n) is 7.78. The second kappa shape index (κ2) is 9.86. The van der Waals surface area contributed by atoms with Crippen LogP contribution < -0.4 is 15.2 Å². The summed E-state index contributed by atoms with van der Waals surface area (Å²) in [6, 6.07) is 25.4. The third kappa shape index (κ3) is 5.67. The molecule has 0 radical (unpaired) electrons. The molecule has 0 saturated carbocycles. The molecule has 4 rings (SSSR count). The van der Waals surface area contributed by atoms with E-state index in [9.17, 15) is 4.79 Å². The molecule has 0 atom stereocenters. The standard InChI is InChI=1S/C27H24ClNO3/c1-18-4-2-3-5-19(6-9-21-14-24(18)21)16-31-23-11-7-20(8-12-23)17-32-26-13-10-22(27(29)30)15-25(26)28/h2-13,15H,14,16-17H2,1H3,(H2,29,30)/p+1. The van der Waals surface area contributed by atoms with E-state index in [1.807, 2.05) is 30.3 Å². The Bertz CT molecular complexity index is 1200. The molecule has 3 N–H and O–H groups in total. The summed E-state index contributed by atoms with van der Waals surface area (Å²) in [5.41, 5.74) is 10.1.